The number of nitrogens with two attached hydrogens (primary N) is 1. The Morgan fingerprint density at radius 3 is 2.54 bits per heavy atom. The Morgan fingerprint density at radius 2 is 1.81 bits per heavy atom. The van der Waals surface area contributed by atoms with Crippen molar-refractivity contribution in [2.45, 2.75) is 19.3 Å². The Hall–Kier alpha value is -2.86. The summed E-state index contributed by atoms with van der Waals surface area (Å²) < 4.78 is 4.96. The number of rotatable bonds is 9. The number of anilines is 2. The Kier molecular flexibility index (Phi) is 7.64. The molecule has 0 saturated heterocycles. The molecule has 0 aliphatic carbocycles. The fraction of sp³-hybridized carbons (Fsp3) is 0.300. The number of ether oxygens (including phenoxy) is 1. The minimum absolute atomic E-state index is 0.138. The summed E-state index contributed by atoms with van der Waals surface area (Å²) in [6, 6.07) is 14.4. The molecule has 0 aliphatic heterocycles. The van der Waals surface area contributed by atoms with Crippen molar-refractivity contribution in [3.05, 3.63) is 59.7 Å². The molecule has 6 heteroatoms. The summed E-state index contributed by atoms with van der Waals surface area (Å²) in [4.78, 5) is 24.5. The van der Waals surface area contributed by atoms with Crippen molar-refractivity contribution in [3.8, 4) is 0 Å². The van der Waals surface area contributed by atoms with Gasteiger partial charge in [0, 0.05) is 32.4 Å². The number of aryl methyl sites for hydroxylation is 1. The summed E-state index contributed by atoms with van der Waals surface area (Å²) >= 11 is 0. The fourth-order valence-corrected chi connectivity index (χ4v) is 2.46. The number of methoxy groups -OCH3 is 1. The van der Waals surface area contributed by atoms with Crippen LogP contribution in [0.5, 0.6) is 0 Å². The summed E-state index contributed by atoms with van der Waals surface area (Å²) in [6.07, 6.45) is 1.67. The van der Waals surface area contributed by atoms with Gasteiger partial charge in [-0.1, -0.05) is 24.3 Å². The van der Waals surface area contributed by atoms with Crippen LogP contribution in [0.4, 0.5) is 11.4 Å². The van der Waals surface area contributed by atoms with Crippen molar-refractivity contribution in [3.63, 3.8) is 0 Å². The molecule has 0 heterocycles. The standard InChI is InChI=1S/C20H25N3O3/c1-26-14-4-13-22-20(25)17-5-2-3-6-18(17)23-19(24)12-9-15-7-10-16(21)11-8-15/h2-3,5-8,10-11H,4,9,12-14,21H2,1H3,(H,22,25)(H,23,24). The summed E-state index contributed by atoms with van der Waals surface area (Å²) in [5.41, 5.74) is 8.36. The molecular weight excluding hydrogens is 330 g/mol. The molecule has 0 unspecified atom stereocenters. The van der Waals surface area contributed by atoms with Gasteiger partial charge >= 0.3 is 0 Å². The molecule has 0 aromatic heterocycles. The van der Waals surface area contributed by atoms with Crippen LogP contribution < -0.4 is 16.4 Å². The third-order valence-electron chi connectivity index (χ3n) is 3.88. The van der Waals surface area contributed by atoms with Gasteiger partial charge in [0.05, 0.1) is 11.3 Å². The number of carbonyl (C=O) groups is 2. The van der Waals surface area contributed by atoms with Gasteiger partial charge in [-0.15, -0.1) is 0 Å². The minimum Gasteiger partial charge on any atom is -0.399 e. The van der Waals surface area contributed by atoms with Crippen molar-refractivity contribution in [2.75, 3.05) is 31.3 Å². The van der Waals surface area contributed by atoms with Gasteiger partial charge in [-0.3, -0.25) is 9.59 Å². The molecule has 2 rings (SSSR count). The lowest BCUT2D eigenvalue weighted by molar-refractivity contribution is -0.116. The largest absolute Gasteiger partial charge is 0.399 e. The van der Waals surface area contributed by atoms with E-state index in [0.717, 1.165) is 12.0 Å². The van der Waals surface area contributed by atoms with Crippen molar-refractivity contribution in [1.82, 2.24) is 5.32 Å². The predicted molar refractivity (Wildman–Crippen MR) is 103 cm³/mol. The van der Waals surface area contributed by atoms with Gasteiger partial charge in [0.25, 0.3) is 5.91 Å². The molecule has 2 amide bonds. The highest BCUT2D eigenvalue weighted by molar-refractivity contribution is 6.03. The highest BCUT2D eigenvalue weighted by Crippen LogP contribution is 2.16. The third-order valence-corrected chi connectivity index (χ3v) is 3.88. The first-order valence-corrected chi connectivity index (χ1v) is 8.60. The molecule has 0 bridgehead atoms. The van der Waals surface area contributed by atoms with Crippen molar-refractivity contribution >= 4 is 23.2 Å². The van der Waals surface area contributed by atoms with Gasteiger partial charge in [0.1, 0.15) is 0 Å². The lowest BCUT2D eigenvalue weighted by atomic mass is 10.1. The van der Waals surface area contributed by atoms with Crippen LogP contribution in [0.15, 0.2) is 48.5 Å². The number of hydrogen-bond acceptors (Lipinski definition) is 4. The molecule has 0 radical (unpaired) electrons. The molecular formula is C20H25N3O3. The first-order valence-electron chi connectivity index (χ1n) is 8.60. The monoisotopic (exact) mass is 355 g/mol. The van der Waals surface area contributed by atoms with E-state index >= 15 is 0 Å². The first-order chi connectivity index (χ1) is 12.6. The van der Waals surface area contributed by atoms with E-state index in [-0.39, 0.29) is 11.8 Å². The third kappa shape index (κ3) is 6.22. The highest BCUT2D eigenvalue weighted by atomic mass is 16.5. The summed E-state index contributed by atoms with van der Waals surface area (Å²) in [5.74, 6) is -0.350. The van der Waals surface area contributed by atoms with Gasteiger partial charge in [0.15, 0.2) is 0 Å². The molecule has 2 aromatic carbocycles. The maximum atomic E-state index is 12.3. The molecule has 0 fully saturated rings. The number of nitrogens with one attached hydrogen (secondary N) is 2. The Bertz CT molecular complexity index is 729. The molecule has 138 valence electrons. The average molecular weight is 355 g/mol. The molecule has 0 aliphatic rings. The van der Waals surface area contributed by atoms with E-state index in [2.05, 4.69) is 10.6 Å². The van der Waals surface area contributed by atoms with Crippen molar-refractivity contribution in [1.29, 1.82) is 0 Å². The van der Waals surface area contributed by atoms with E-state index in [9.17, 15) is 9.59 Å². The minimum atomic E-state index is -0.212. The van der Waals surface area contributed by atoms with Gasteiger partial charge in [-0.25, -0.2) is 0 Å². The van der Waals surface area contributed by atoms with Crippen molar-refractivity contribution < 1.29 is 14.3 Å². The lowest BCUT2D eigenvalue weighted by Crippen LogP contribution is -2.26. The fourth-order valence-electron chi connectivity index (χ4n) is 2.46. The van der Waals surface area contributed by atoms with Gasteiger partial charge in [-0.05, 0) is 42.7 Å². The molecule has 6 nitrogen and oxygen atoms in total. The molecule has 4 N–H and O–H groups in total. The van der Waals surface area contributed by atoms with E-state index in [1.54, 1.807) is 31.4 Å². The number of carbonyl (C=O) groups excluding carboxylic acids is 2. The Labute approximate surface area is 153 Å². The van der Waals surface area contributed by atoms with Crippen LogP contribution in [0.25, 0.3) is 0 Å². The molecule has 26 heavy (non-hydrogen) atoms. The SMILES string of the molecule is COCCCNC(=O)c1ccccc1NC(=O)CCc1ccc(N)cc1. The molecule has 0 atom stereocenters. The van der Waals surface area contributed by atoms with E-state index in [4.69, 9.17) is 10.5 Å². The molecule has 0 spiro atoms. The van der Waals surface area contributed by atoms with Crippen molar-refractivity contribution in [2.24, 2.45) is 0 Å². The second-order valence-corrected chi connectivity index (χ2v) is 5.94. The lowest BCUT2D eigenvalue weighted by Gasteiger charge is -2.11. The number of amides is 2. The number of benzene rings is 2. The van der Waals surface area contributed by atoms with Crippen LogP contribution in [-0.4, -0.2) is 32.1 Å². The summed E-state index contributed by atoms with van der Waals surface area (Å²) in [5, 5.41) is 5.65. The number of hydrogen-bond donors (Lipinski definition) is 3. The molecule has 2 aromatic rings. The zero-order valence-electron chi connectivity index (χ0n) is 15.0. The van der Waals surface area contributed by atoms with E-state index in [1.807, 2.05) is 24.3 Å². The second-order valence-electron chi connectivity index (χ2n) is 5.94. The van der Waals surface area contributed by atoms with Crippen LogP contribution in [-0.2, 0) is 16.0 Å². The smallest absolute Gasteiger partial charge is 0.253 e. The Morgan fingerprint density at radius 1 is 1.08 bits per heavy atom. The van der Waals surface area contributed by atoms with Gasteiger partial charge < -0.3 is 21.1 Å². The summed E-state index contributed by atoms with van der Waals surface area (Å²) in [6.45, 7) is 1.11. The quantitative estimate of drug-likeness (QED) is 0.476. The van der Waals surface area contributed by atoms with Gasteiger partial charge in [0.2, 0.25) is 5.91 Å². The first kappa shape index (κ1) is 19.5. The van der Waals surface area contributed by atoms with Crippen LogP contribution in [0.2, 0.25) is 0 Å². The van der Waals surface area contributed by atoms with Gasteiger partial charge in [-0.2, -0.15) is 0 Å². The zero-order valence-corrected chi connectivity index (χ0v) is 15.0. The zero-order chi connectivity index (χ0) is 18.8. The second kappa shape index (κ2) is 10.2. The van der Waals surface area contributed by atoms with E-state index < -0.39 is 0 Å². The van der Waals surface area contributed by atoms with Crippen LogP contribution >= 0.6 is 0 Å². The Balaban J connectivity index is 1.90. The highest BCUT2D eigenvalue weighted by Gasteiger charge is 2.12. The van der Waals surface area contributed by atoms with Crippen LogP contribution in [0.1, 0.15) is 28.8 Å². The molecule has 0 saturated carbocycles. The number of nitrogen functional groups attached to an aromatic ring is 1. The van der Waals surface area contributed by atoms with Crippen LogP contribution in [0, 0.1) is 0 Å². The van der Waals surface area contributed by atoms with E-state index in [0.29, 0.717) is 42.9 Å². The predicted octanol–water partition coefficient (Wildman–Crippen LogP) is 2.61. The van der Waals surface area contributed by atoms with E-state index in [1.165, 1.54) is 0 Å². The van der Waals surface area contributed by atoms with Crippen LogP contribution in [0.3, 0.4) is 0 Å². The normalized spacial score (nSPS) is 10.3. The topological polar surface area (TPSA) is 93.5 Å². The number of para-hydroxylation sites is 1. The maximum Gasteiger partial charge on any atom is 0.253 e. The maximum absolute atomic E-state index is 12.3. The average Bonchev–Trinajstić information content (AvgIpc) is 2.65. The summed E-state index contributed by atoms with van der Waals surface area (Å²) in [7, 11) is 1.62.